The van der Waals surface area contributed by atoms with Crippen LogP contribution >= 0.6 is 0 Å². The number of likely N-dealkylation sites (tertiary alicyclic amines) is 1. The number of hydrogen-bond acceptors (Lipinski definition) is 4. The maximum atomic E-state index is 12.1. The third kappa shape index (κ3) is 7.49. The number of amides is 2. The number of nitrogens with zero attached hydrogens (tertiary/aromatic N) is 1. The number of β-amino-alcohol motifs (C(OH)–C–C–N with tert-alkyl or cyclic N) is 1. The van der Waals surface area contributed by atoms with Crippen LogP contribution in [0.3, 0.4) is 0 Å². The average molecular weight is 324 g/mol. The molecule has 1 unspecified atom stereocenters. The van der Waals surface area contributed by atoms with Gasteiger partial charge < -0.3 is 20.4 Å². The molecule has 6 nitrogen and oxygen atoms in total. The number of nitrogens with one attached hydrogen (secondary N) is 1. The van der Waals surface area contributed by atoms with Crippen LogP contribution in [0.4, 0.5) is 0 Å². The molecule has 1 rings (SSSR count). The van der Waals surface area contributed by atoms with Crippen LogP contribution in [0.2, 0.25) is 0 Å². The van der Waals surface area contributed by atoms with Crippen molar-refractivity contribution in [3.63, 3.8) is 0 Å². The molecule has 0 bridgehead atoms. The van der Waals surface area contributed by atoms with Gasteiger partial charge in [0.1, 0.15) is 0 Å². The van der Waals surface area contributed by atoms with Gasteiger partial charge >= 0.3 is 0 Å². The Morgan fingerprint density at radius 3 is 2.70 bits per heavy atom. The number of unbranched alkanes of at least 4 members (excludes halogenated alkanes) is 3. The van der Waals surface area contributed by atoms with E-state index in [1.165, 1.54) is 0 Å². The summed E-state index contributed by atoms with van der Waals surface area (Å²) < 4.78 is 0. The summed E-state index contributed by atoms with van der Waals surface area (Å²) >= 11 is 0. The summed E-state index contributed by atoms with van der Waals surface area (Å²) in [6, 6.07) is -0.250. The minimum absolute atomic E-state index is 0.0149. The monoisotopic (exact) mass is 324 g/mol. The summed E-state index contributed by atoms with van der Waals surface area (Å²) in [6.45, 7) is 0.830. The zero-order chi connectivity index (χ0) is 17.1. The highest BCUT2D eigenvalue weighted by molar-refractivity contribution is 5.77. The smallest absolute Gasteiger partial charge is 0.222 e. The van der Waals surface area contributed by atoms with E-state index in [1.807, 2.05) is 0 Å². The lowest BCUT2D eigenvalue weighted by Gasteiger charge is -2.22. The quantitative estimate of drug-likeness (QED) is 0.401. The van der Waals surface area contributed by atoms with Crippen molar-refractivity contribution in [3.05, 3.63) is 0 Å². The van der Waals surface area contributed by atoms with Gasteiger partial charge in [0.2, 0.25) is 11.8 Å². The van der Waals surface area contributed by atoms with Gasteiger partial charge in [-0.2, -0.15) is 0 Å². The number of hydrogen-bond donors (Lipinski definition) is 3. The highest BCUT2D eigenvalue weighted by atomic mass is 16.3. The summed E-state index contributed by atoms with van der Waals surface area (Å²) in [7, 11) is 0. The SMILES string of the molecule is C#CCCCC(=O)NCCCCCC(=O)N1C[C@H](O)CC1CO. The molecule has 0 radical (unpaired) electrons. The fourth-order valence-electron chi connectivity index (χ4n) is 2.76. The van der Waals surface area contributed by atoms with E-state index in [-0.39, 0.29) is 24.5 Å². The highest BCUT2D eigenvalue weighted by Crippen LogP contribution is 2.19. The number of terminal acetylenes is 1. The lowest BCUT2D eigenvalue weighted by Crippen LogP contribution is -2.37. The van der Waals surface area contributed by atoms with Crippen molar-refractivity contribution in [2.75, 3.05) is 19.7 Å². The molecule has 0 aromatic heterocycles. The Balaban J connectivity index is 2.05. The van der Waals surface area contributed by atoms with Crippen LogP contribution in [0, 0.1) is 12.3 Å². The fourth-order valence-corrected chi connectivity index (χ4v) is 2.76. The number of carbonyl (C=O) groups is 2. The second-order valence-corrected chi connectivity index (χ2v) is 5.99. The molecule has 1 heterocycles. The third-order valence-electron chi connectivity index (χ3n) is 4.04. The summed E-state index contributed by atoms with van der Waals surface area (Å²) in [6.07, 6.45) is 9.70. The molecule has 1 aliphatic heterocycles. The third-order valence-corrected chi connectivity index (χ3v) is 4.04. The predicted octanol–water partition coefficient (Wildman–Crippen LogP) is 0.421. The van der Waals surface area contributed by atoms with E-state index < -0.39 is 6.10 Å². The molecule has 1 saturated heterocycles. The Bertz CT molecular complexity index is 419. The first-order valence-electron chi connectivity index (χ1n) is 8.37. The molecule has 0 spiro atoms. The van der Waals surface area contributed by atoms with Gasteiger partial charge in [0, 0.05) is 32.4 Å². The van der Waals surface area contributed by atoms with Gasteiger partial charge in [-0.25, -0.2) is 0 Å². The van der Waals surface area contributed by atoms with Crippen molar-refractivity contribution < 1.29 is 19.8 Å². The number of aliphatic hydroxyl groups excluding tert-OH is 2. The van der Waals surface area contributed by atoms with E-state index in [0.29, 0.717) is 45.2 Å². The lowest BCUT2D eigenvalue weighted by atomic mass is 10.1. The molecule has 0 aliphatic carbocycles. The summed E-state index contributed by atoms with van der Waals surface area (Å²) in [5.41, 5.74) is 0. The molecule has 1 aliphatic rings. The summed E-state index contributed by atoms with van der Waals surface area (Å²) in [5, 5.41) is 21.6. The second kappa shape index (κ2) is 11.0. The number of rotatable bonds is 10. The van der Waals surface area contributed by atoms with Crippen LogP contribution in [0.1, 0.15) is 51.4 Å². The zero-order valence-electron chi connectivity index (χ0n) is 13.7. The molecular formula is C17H28N2O4. The maximum Gasteiger partial charge on any atom is 0.222 e. The van der Waals surface area contributed by atoms with E-state index in [0.717, 1.165) is 19.3 Å². The Hall–Kier alpha value is -1.58. The van der Waals surface area contributed by atoms with E-state index in [4.69, 9.17) is 6.42 Å². The molecule has 0 saturated carbocycles. The first-order valence-corrected chi connectivity index (χ1v) is 8.37. The fraction of sp³-hybridized carbons (Fsp3) is 0.765. The Labute approximate surface area is 138 Å². The van der Waals surface area contributed by atoms with Crippen LogP contribution in [0.5, 0.6) is 0 Å². The van der Waals surface area contributed by atoms with Gasteiger partial charge in [-0.05, 0) is 25.7 Å². The van der Waals surface area contributed by atoms with Gasteiger partial charge in [0.05, 0.1) is 18.8 Å². The van der Waals surface area contributed by atoms with Crippen molar-refractivity contribution in [1.82, 2.24) is 10.2 Å². The zero-order valence-corrected chi connectivity index (χ0v) is 13.7. The highest BCUT2D eigenvalue weighted by Gasteiger charge is 2.33. The minimum atomic E-state index is -0.527. The van der Waals surface area contributed by atoms with Crippen molar-refractivity contribution in [2.45, 2.75) is 63.5 Å². The molecule has 0 aromatic carbocycles. The number of carbonyl (C=O) groups excluding carboxylic acids is 2. The van der Waals surface area contributed by atoms with Gasteiger partial charge in [0.25, 0.3) is 0 Å². The molecule has 1 fully saturated rings. The Morgan fingerprint density at radius 1 is 1.22 bits per heavy atom. The molecule has 130 valence electrons. The maximum absolute atomic E-state index is 12.1. The molecule has 3 N–H and O–H groups in total. The van der Waals surface area contributed by atoms with Crippen LogP contribution in [0.25, 0.3) is 0 Å². The molecular weight excluding hydrogens is 296 g/mol. The lowest BCUT2D eigenvalue weighted by molar-refractivity contribution is -0.133. The molecule has 2 atom stereocenters. The van der Waals surface area contributed by atoms with Gasteiger partial charge in [-0.3, -0.25) is 9.59 Å². The standard InChI is InChI=1S/C17H28N2O4/c1-2-3-5-8-16(22)18-10-7-4-6-9-17(23)19-12-15(21)11-14(19)13-20/h1,14-15,20-21H,3-13H2,(H,18,22)/t14?,15-/m1/s1. The van der Waals surface area contributed by atoms with Crippen molar-refractivity contribution in [3.8, 4) is 12.3 Å². The van der Waals surface area contributed by atoms with Crippen molar-refractivity contribution >= 4 is 11.8 Å². The largest absolute Gasteiger partial charge is 0.394 e. The molecule has 0 aromatic rings. The van der Waals surface area contributed by atoms with E-state index in [1.54, 1.807) is 4.90 Å². The van der Waals surface area contributed by atoms with Crippen LogP contribution in [0.15, 0.2) is 0 Å². The molecule has 2 amide bonds. The summed E-state index contributed by atoms with van der Waals surface area (Å²) in [4.78, 5) is 25.1. The van der Waals surface area contributed by atoms with Crippen molar-refractivity contribution in [2.24, 2.45) is 0 Å². The first kappa shape index (κ1) is 19.5. The van der Waals surface area contributed by atoms with E-state index >= 15 is 0 Å². The van der Waals surface area contributed by atoms with Crippen LogP contribution in [-0.2, 0) is 9.59 Å². The van der Waals surface area contributed by atoms with E-state index in [9.17, 15) is 19.8 Å². The van der Waals surface area contributed by atoms with Gasteiger partial charge in [-0.15, -0.1) is 12.3 Å². The van der Waals surface area contributed by atoms with Crippen LogP contribution < -0.4 is 5.32 Å². The number of aliphatic hydroxyl groups is 2. The van der Waals surface area contributed by atoms with E-state index in [2.05, 4.69) is 11.2 Å². The van der Waals surface area contributed by atoms with Gasteiger partial charge in [-0.1, -0.05) is 6.42 Å². The normalized spacial score (nSPS) is 20.3. The Morgan fingerprint density at radius 2 is 2.00 bits per heavy atom. The molecule has 6 heteroatoms. The van der Waals surface area contributed by atoms with Crippen molar-refractivity contribution in [1.29, 1.82) is 0 Å². The average Bonchev–Trinajstić information content (AvgIpc) is 2.92. The predicted molar refractivity (Wildman–Crippen MR) is 87.4 cm³/mol. The van der Waals surface area contributed by atoms with Gasteiger partial charge in [0.15, 0.2) is 0 Å². The summed E-state index contributed by atoms with van der Waals surface area (Å²) in [5.74, 6) is 2.51. The molecule has 23 heavy (non-hydrogen) atoms. The minimum Gasteiger partial charge on any atom is -0.394 e. The topological polar surface area (TPSA) is 89.9 Å². The first-order chi connectivity index (χ1) is 11.1. The van der Waals surface area contributed by atoms with Crippen LogP contribution in [-0.4, -0.2) is 58.8 Å². The second-order valence-electron chi connectivity index (χ2n) is 5.99. The Kier molecular flexibility index (Phi) is 9.34.